The van der Waals surface area contributed by atoms with E-state index in [4.69, 9.17) is 5.11 Å². The van der Waals surface area contributed by atoms with Crippen LogP contribution in [-0.2, 0) is 0 Å². The third-order valence-electron chi connectivity index (χ3n) is 5.97. The molecule has 0 unspecified atom stereocenters. The summed E-state index contributed by atoms with van der Waals surface area (Å²) in [6.07, 6.45) is 30.7. The third kappa shape index (κ3) is 29.1. The molecule has 180 valence electrons. The minimum absolute atomic E-state index is 0.351. The van der Waals surface area contributed by atoms with Crippen molar-refractivity contribution in [3.63, 3.8) is 0 Å². The summed E-state index contributed by atoms with van der Waals surface area (Å²) in [5.74, 6) is 13.5. The molecule has 0 aromatic rings. The lowest BCUT2D eigenvalue weighted by Crippen LogP contribution is -1.84. The summed E-state index contributed by atoms with van der Waals surface area (Å²) in [6, 6.07) is 0. The summed E-state index contributed by atoms with van der Waals surface area (Å²) in [4.78, 5) is 0. The normalized spacial score (nSPS) is 10.4. The number of aliphatic hydroxyl groups is 1. The lowest BCUT2D eigenvalue weighted by Gasteiger charge is -1.99. The third-order valence-corrected chi connectivity index (χ3v) is 5.97. The van der Waals surface area contributed by atoms with E-state index in [0.717, 1.165) is 32.1 Å². The van der Waals surface area contributed by atoms with E-state index in [2.05, 4.69) is 30.6 Å². The number of unbranched alkanes of at least 4 members (excludes halogenated alkanes) is 21. The molecular formula is C30H54O. The molecule has 0 rings (SSSR count). The number of aliphatic hydroxyl groups excluding tert-OH is 1. The van der Waals surface area contributed by atoms with Crippen LogP contribution in [0.5, 0.6) is 0 Å². The van der Waals surface area contributed by atoms with Crippen molar-refractivity contribution in [1.29, 1.82) is 0 Å². The molecule has 1 heteroatoms. The molecule has 0 atom stereocenters. The fourth-order valence-electron chi connectivity index (χ4n) is 3.87. The Hall–Kier alpha value is -0.920. The molecule has 0 aromatic carbocycles. The second-order valence-electron chi connectivity index (χ2n) is 9.15. The van der Waals surface area contributed by atoms with Gasteiger partial charge in [0.2, 0.25) is 0 Å². The Balaban J connectivity index is 3.17. The van der Waals surface area contributed by atoms with Crippen molar-refractivity contribution in [3.8, 4) is 23.7 Å². The van der Waals surface area contributed by atoms with Gasteiger partial charge in [-0.05, 0) is 32.1 Å². The smallest absolute Gasteiger partial charge is 0.0431 e. The Bertz CT molecular complexity index is 445. The summed E-state index contributed by atoms with van der Waals surface area (Å²) in [5, 5.41) is 8.74. The van der Waals surface area contributed by atoms with E-state index in [1.54, 1.807) is 0 Å². The zero-order valence-electron chi connectivity index (χ0n) is 21.1. The second-order valence-corrected chi connectivity index (χ2v) is 9.15. The summed E-state index contributed by atoms with van der Waals surface area (Å²) >= 11 is 0. The van der Waals surface area contributed by atoms with Crippen LogP contribution < -0.4 is 0 Å². The highest BCUT2D eigenvalue weighted by atomic mass is 16.2. The van der Waals surface area contributed by atoms with Crippen LogP contribution in [0.1, 0.15) is 161 Å². The van der Waals surface area contributed by atoms with Crippen LogP contribution in [0.15, 0.2) is 0 Å². The molecule has 0 fully saturated rings. The van der Waals surface area contributed by atoms with Gasteiger partial charge in [-0.15, -0.1) is 23.7 Å². The fraction of sp³-hybridized carbons (Fsp3) is 0.867. The standard InChI is InChI=1S/C30H54O/c1-2-3-4-5-6-7-8-9-10-11-12-13-14-15-16-17-18-19-20-21-22-23-24-25-26-27-28-29-30-31/h31H,2-9,12-19,22-30H2,1H3. The Morgan fingerprint density at radius 3 is 0.903 bits per heavy atom. The molecule has 0 bridgehead atoms. The van der Waals surface area contributed by atoms with Gasteiger partial charge in [0, 0.05) is 32.3 Å². The monoisotopic (exact) mass is 430 g/mol. The van der Waals surface area contributed by atoms with Crippen LogP contribution in [-0.4, -0.2) is 11.7 Å². The molecule has 0 aromatic heterocycles. The van der Waals surface area contributed by atoms with Crippen molar-refractivity contribution in [2.45, 2.75) is 161 Å². The molecular weight excluding hydrogens is 376 g/mol. The average Bonchev–Trinajstić information content (AvgIpc) is 2.78. The van der Waals surface area contributed by atoms with Crippen LogP contribution in [0.3, 0.4) is 0 Å². The summed E-state index contributed by atoms with van der Waals surface area (Å²) in [6.45, 7) is 2.63. The van der Waals surface area contributed by atoms with Crippen LogP contribution in [0.25, 0.3) is 0 Å². The quantitative estimate of drug-likeness (QED) is 0.134. The first-order valence-electron chi connectivity index (χ1n) is 13.9. The zero-order valence-corrected chi connectivity index (χ0v) is 21.1. The van der Waals surface area contributed by atoms with Crippen molar-refractivity contribution in [3.05, 3.63) is 0 Å². The molecule has 0 aliphatic rings. The van der Waals surface area contributed by atoms with E-state index in [-0.39, 0.29) is 0 Å². The molecule has 0 aliphatic heterocycles. The van der Waals surface area contributed by atoms with E-state index in [0.29, 0.717) is 6.61 Å². The lowest BCUT2D eigenvalue weighted by atomic mass is 10.1. The van der Waals surface area contributed by atoms with Gasteiger partial charge < -0.3 is 5.11 Å². The molecule has 1 nitrogen and oxygen atoms in total. The second kappa shape index (κ2) is 29.1. The van der Waals surface area contributed by atoms with Crippen LogP contribution in [0.4, 0.5) is 0 Å². The molecule has 0 saturated carbocycles. The first kappa shape index (κ1) is 30.1. The average molecular weight is 431 g/mol. The molecule has 0 amide bonds. The zero-order chi connectivity index (χ0) is 22.5. The predicted octanol–water partition coefficient (Wildman–Crippen LogP) is 9.37. The van der Waals surface area contributed by atoms with E-state index < -0.39 is 0 Å². The van der Waals surface area contributed by atoms with Gasteiger partial charge in [0.15, 0.2) is 0 Å². The predicted molar refractivity (Wildman–Crippen MR) is 139 cm³/mol. The Labute approximate surface area is 196 Å². The minimum atomic E-state index is 0.351. The van der Waals surface area contributed by atoms with Crippen LogP contribution in [0, 0.1) is 23.7 Å². The first-order valence-corrected chi connectivity index (χ1v) is 13.9. The summed E-state index contributed by atoms with van der Waals surface area (Å²) in [7, 11) is 0. The van der Waals surface area contributed by atoms with Crippen molar-refractivity contribution in [2.75, 3.05) is 6.61 Å². The van der Waals surface area contributed by atoms with Gasteiger partial charge in [-0.3, -0.25) is 0 Å². The molecule has 0 spiro atoms. The molecule has 0 saturated heterocycles. The van der Waals surface area contributed by atoms with E-state index in [1.165, 1.54) is 122 Å². The number of hydrogen-bond donors (Lipinski definition) is 1. The Morgan fingerprint density at radius 1 is 0.355 bits per heavy atom. The van der Waals surface area contributed by atoms with E-state index >= 15 is 0 Å². The highest BCUT2D eigenvalue weighted by Crippen LogP contribution is 2.10. The summed E-state index contributed by atoms with van der Waals surface area (Å²) in [5.41, 5.74) is 0. The van der Waals surface area contributed by atoms with E-state index in [9.17, 15) is 0 Å². The van der Waals surface area contributed by atoms with Crippen molar-refractivity contribution in [1.82, 2.24) is 0 Å². The van der Waals surface area contributed by atoms with Gasteiger partial charge in [0.1, 0.15) is 0 Å². The maximum Gasteiger partial charge on any atom is 0.0431 e. The van der Waals surface area contributed by atoms with Crippen LogP contribution in [0.2, 0.25) is 0 Å². The topological polar surface area (TPSA) is 20.2 Å². The molecule has 0 aliphatic carbocycles. The van der Waals surface area contributed by atoms with Crippen molar-refractivity contribution >= 4 is 0 Å². The number of rotatable bonds is 22. The largest absolute Gasteiger partial charge is 0.396 e. The first-order chi connectivity index (χ1) is 15.4. The molecule has 0 heterocycles. The van der Waals surface area contributed by atoms with E-state index in [1.807, 2.05) is 0 Å². The maximum atomic E-state index is 8.74. The molecule has 1 N–H and O–H groups in total. The Kier molecular flexibility index (Phi) is 28.2. The van der Waals surface area contributed by atoms with Gasteiger partial charge in [0.25, 0.3) is 0 Å². The van der Waals surface area contributed by atoms with Gasteiger partial charge in [0.05, 0.1) is 0 Å². The highest BCUT2D eigenvalue weighted by molar-refractivity contribution is 4.99. The minimum Gasteiger partial charge on any atom is -0.396 e. The van der Waals surface area contributed by atoms with Gasteiger partial charge >= 0.3 is 0 Å². The lowest BCUT2D eigenvalue weighted by molar-refractivity contribution is 0.282. The number of hydrogen-bond acceptors (Lipinski definition) is 1. The molecule has 31 heavy (non-hydrogen) atoms. The van der Waals surface area contributed by atoms with Gasteiger partial charge in [-0.2, -0.15) is 0 Å². The van der Waals surface area contributed by atoms with Crippen molar-refractivity contribution < 1.29 is 5.11 Å². The van der Waals surface area contributed by atoms with Gasteiger partial charge in [-0.25, -0.2) is 0 Å². The summed E-state index contributed by atoms with van der Waals surface area (Å²) < 4.78 is 0. The fourth-order valence-corrected chi connectivity index (χ4v) is 3.87. The molecule has 0 radical (unpaired) electrons. The highest BCUT2D eigenvalue weighted by Gasteiger charge is 1.92. The SMILES string of the molecule is CCCCCCCCCC#CCCCCCCCCC#CCCCCCCCCCO. The van der Waals surface area contributed by atoms with Crippen molar-refractivity contribution in [2.24, 2.45) is 0 Å². The van der Waals surface area contributed by atoms with Crippen LogP contribution >= 0.6 is 0 Å². The maximum absolute atomic E-state index is 8.74. The Morgan fingerprint density at radius 2 is 0.613 bits per heavy atom. The van der Waals surface area contributed by atoms with Gasteiger partial charge in [-0.1, -0.05) is 103 Å².